The van der Waals surface area contributed by atoms with Gasteiger partial charge in [-0.05, 0) is 12.3 Å². The lowest BCUT2D eigenvalue weighted by atomic mass is 10.1. The van der Waals surface area contributed by atoms with Gasteiger partial charge in [0.05, 0.1) is 0 Å². The Balaban J connectivity index is 2.62. The Morgan fingerprint density at radius 1 is 1.60 bits per heavy atom. The van der Waals surface area contributed by atoms with Gasteiger partial charge in [0.1, 0.15) is 6.04 Å². The Morgan fingerprint density at radius 2 is 2.20 bits per heavy atom. The molecule has 0 aromatic carbocycles. The minimum atomic E-state index is -3.57. The van der Waals surface area contributed by atoms with Gasteiger partial charge in [0.25, 0.3) is 10.2 Å². The first-order chi connectivity index (χ1) is 6.83. The van der Waals surface area contributed by atoms with Crippen LogP contribution in [0.3, 0.4) is 0 Å². The van der Waals surface area contributed by atoms with Crippen LogP contribution in [0.15, 0.2) is 0 Å². The van der Waals surface area contributed by atoms with E-state index in [0.717, 1.165) is 6.42 Å². The van der Waals surface area contributed by atoms with Gasteiger partial charge < -0.3 is 5.11 Å². The van der Waals surface area contributed by atoms with Crippen LogP contribution in [-0.4, -0.2) is 42.9 Å². The largest absolute Gasteiger partial charge is 0.480 e. The maximum atomic E-state index is 11.4. The third-order valence-electron chi connectivity index (χ3n) is 2.27. The molecule has 0 aromatic rings. The molecule has 0 aliphatic carbocycles. The van der Waals surface area contributed by atoms with Crippen LogP contribution >= 0.6 is 0 Å². The number of aliphatic carboxylic acids is 1. The zero-order chi connectivity index (χ0) is 11.6. The monoisotopic (exact) mass is 236 g/mol. The molecule has 0 radical (unpaired) electrons. The van der Waals surface area contributed by atoms with Gasteiger partial charge in [-0.15, -0.1) is 0 Å². The third kappa shape index (κ3) is 3.15. The van der Waals surface area contributed by atoms with E-state index in [4.69, 9.17) is 5.11 Å². The quantitative estimate of drug-likeness (QED) is 0.697. The summed E-state index contributed by atoms with van der Waals surface area (Å²) in [6.45, 7) is 4.37. The summed E-state index contributed by atoms with van der Waals surface area (Å²) in [4.78, 5) is 10.6. The third-order valence-corrected chi connectivity index (χ3v) is 3.87. The van der Waals surface area contributed by atoms with Crippen LogP contribution in [0.5, 0.6) is 0 Å². The Hall–Kier alpha value is -0.660. The number of carboxylic acids is 1. The normalized spacial score (nSPS) is 25.9. The Labute approximate surface area is 89.4 Å². The van der Waals surface area contributed by atoms with Gasteiger partial charge in [-0.25, -0.2) is 0 Å². The number of carbonyl (C=O) groups is 1. The van der Waals surface area contributed by atoms with Crippen molar-refractivity contribution in [3.8, 4) is 0 Å². The summed E-state index contributed by atoms with van der Waals surface area (Å²) in [6.07, 6.45) is 0.729. The molecule has 0 saturated carbocycles. The van der Waals surface area contributed by atoms with Crippen molar-refractivity contribution in [3.05, 3.63) is 0 Å². The second-order valence-corrected chi connectivity index (χ2v) is 5.76. The lowest BCUT2D eigenvalue weighted by molar-refractivity contribution is -0.138. The standard InChI is InChI=1S/C8H16N2O4S/c1-6(2)3-4-10-5-7(8(11)12)9-15(10,13)14/h6-7,9H,3-5H2,1-2H3,(H,11,12). The first-order valence-electron chi connectivity index (χ1n) is 4.83. The van der Waals surface area contributed by atoms with Crippen LogP contribution in [0, 0.1) is 5.92 Å². The summed E-state index contributed by atoms with van der Waals surface area (Å²) in [7, 11) is -3.57. The van der Waals surface area contributed by atoms with Crippen molar-refractivity contribution in [1.82, 2.24) is 9.03 Å². The minimum absolute atomic E-state index is 0.0182. The highest BCUT2D eigenvalue weighted by Crippen LogP contribution is 2.13. The second-order valence-electron chi connectivity index (χ2n) is 4.05. The smallest absolute Gasteiger partial charge is 0.323 e. The van der Waals surface area contributed by atoms with E-state index >= 15 is 0 Å². The molecule has 2 N–H and O–H groups in total. The van der Waals surface area contributed by atoms with Crippen molar-refractivity contribution in [2.24, 2.45) is 5.92 Å². The number of rotatable bonds is 4. The number of hydrogen-bond acceptors (Lipinski definition) is 3. The number of nitrogens with zero attached hydrogens (tertiary/aromatic N) is 1. The first kappa shape index (κ1) is 12.4. The molecule has 7 heteroatoms. The molecule has 88 valence electrons. The maximum absolute atomic E-state index is 11.4. The van der Waals surface area contributed by atoms with Crippen molar-refractivity contribution >= 4 is 16.2 Å². The minimum Gasteiger partial charge on any atom is -0.480 e. The molecule has 1 aliphatic heterocycles. The predicted octanol–water partition coefficient (Wildman–Crippen LogP) is -0.364. The van der Waals surface area contributed by atoms with E-state index in [1.54, 1.807) is 0 Å². The van der Waals surface area contributed by atoms with Crippen molar-refractivity contribution < 1.29 is 18.3 Å². The molecule has 1 saturated heterocycles. The molecule has 1 rings (SSSR count). The average molecular weight is 236 g/mol. The van der Waals surface area contributed by atoms with Crippen molar-refractivity contribution in [2.45, 2.75) is 26.3 Å². The fourth-order valence-corrected chi connectivity index (χ4v) is 2.71. The number of carboxylic acid groups (broad SMARTS) is 1. The highest BCUT2D eigenvalue weighted by molar-refractivity contribution is 7.87. The zero-order valence-electron chi connectivity index (χ0n) is 8.80. The van der Waals surface area contributed by atoms with Gasteiger partial charge in [0, 0.05) is 13.1 Å². The van der Waals surface area contributed by atoms with Gasteiger partial charge in [-0.2, -0.15) is 17.4 Å². The molecular weight excluding hydrogens is 220 g/mol. The van der Waals surface area contributed by atoms with E-state index in [9.17, 15) is 13.2 Å². The molecule has 0 aromatic heterocycles. The zero-order valence-corrected chi connectivity index (χ0v) is 9.62. The highest BCUT2D eigenvalue weighted by atomic mass is 32.2. The van der Waals surface area contributed by atoms with Gasteiger partial charge >= 0.3 is 5.97 Å². The molecule has 0 spiro atoms. The second kappa shape index (κ2) is 4.46. The van der Waals surface area contributed by atoms with Crippen molar-refractivity contribution in [2.75, 3.05) is 13.1 Å². The van der Waals surface area contributed by atoms with Crippen molar-refractivity contribution in [1.29, 1.82) is 0 Å². The lowest BCUT2D eigenvalue weighted by Gasteiger charge is -2.14. The summed E-state index contributed by atoms with van der Waals surface area (Å²) in [5.41, 5.74) is 0. The van der Waals surface area contributed by atoms with Crippen LogP contribution < -0.4 is 4.72 Å². The molecule has 1 atom stereocenters. The van der Waals surface area contributed by atoms with Crippen LogP contribution in [0.25, 0.3) is 0 Å². The van der Waals surface area contributed by atoms with Crippen LogP contribution in [0.1, 0.15) is 20.3 Å². The van der Waals surface area contributed by atoms with E-state index in [2.05, 4.69) is 4.72 Å². The summed E-state index contributed by atoms with van der Waals surface area (Å²) in [5.74, 6) is -0.741. The molecule has 1 heterocycles. The Kier molecular flexibility index (Phi) is 3.69. The predicted molar refractivity (Wildman–Crippen MR) is 54.5 cm³/mol. The fraction of sp³-hybridized carbons (Fsp3) is 0.875. The van der Waals surface area contributed by atoms with Gasteiger partial charge in [-0.1, -0.05) is 13.8 Å². The number of nitrogens with one attached hydrogen (secondary N) is 1. The SMILES string of the molecule is CC(C)CCN1CC(C(=O)O)NS1(=O)=O. The highest BCUT2D eigenvalue weighted by Gasteiger charge is 2.38. The molecule has 15 heavy (non-hydrogen) atoms. The average Bonchev–Trinajstić information content (AvgIpc) is 2.37. The lowest BCUT2D eigenvalue weighted by Crippen LogP contribution is -2.34. The van der Waals surface area contributed by atoms with E-state index in [1.807, 2.05) is 13.8 Å². The topological polar surface area (TPSA) is 86.7 Å². The van der Waals surface area contributed by atoms with E-state index in [-0.39, 0.29) is 6.54 Å². The van der Waals surface area contributed by atoms with Gasteiger partial charge in [0.2, 0.25) is 0 Å². The molecule has 6 nitrogen and oxygen atoms in total. The molecule has 1 fully saturated rings. The van der Waals surface area contributed by atoms with E-state index < -0.39 is 22.2 Å². The molecule has 1 aliphatic rings. The molecule has 0 bridgehead atoms. The summed E-state index contributed by atoms with van der Waals surface area (Å²) < 4.78 is 26.2. The van der Waals surface area contributed by atoms with E-state index in [1.165, 1.54) is 4.31 Å². The fourth-order valence-electron chi connectivity index (χ4n) is 1.34. The first-order valence-corrected chi connectivity index (χ1v) is 6.27. The summed E-state index contributed by atoms with van der Waals surface area (Å²) >= 11 is 0. The van der Waals surface area contributed by atoms with Crippen LogP contribution in [0.2, 0.25) is 0 Å². The van der Waals surface area contributed by atoms with Crippen molar-refractivity contribution in [3.63, 3.8) is 0 Å². The maximum Gasteiger partial charge on any atom is 0.323 e. The van der Waals surface area contributed by atoms with Gasteiger partial charge in [0.15, 0.2) is 0 Å². The van der Waals surface area contributed by atoms with Gasteiger partial charge in [-0.3, -0.25) is 4.79 Å². The van der Waals surface area contributed by atoms with Crippen LogP contribution in [-0.2, 0) is 15.0 Å². The summed E-state index contributed by atoms with van der Waals surface area (Å²) in [5, 5.41) is 8.69. The van der Waals surface area contributed by atoms with E-state index in [0.29, 0.717) is 12.5 Å². The summed E-state index contributed by atoms with van der Waals surface area (Å²) in [6, 6.07) is -1.01. The molecule has 0 amide bonds. The molecule has 1 unspecified atom stereocenters. The Bertz CT molecular complexity index is 339. The van der Waals surface area contributed by atoms with Crippen LogP contribution in [0.4, 0.5) is 0 Å². The number of hydrogen-bond donors (Lipinski definition) is 2. The molecular formula is C8H16N2O4S. The Morgan fingerprint density at radius 3 is 2.60 bits per heavy atom.